The van der Waals surface area contributed by atoms with Gasteiger partial charge in [-0.3, -0.25) is 0 Å². The lowest BCUT2D eigenvalue weighted by Gasteiger charge is -1.61. The summed E-state index contributed by atoms with van der Waals surface area (Å²) in [6, 6.07) is 0. The Balaban J connectivity index is -0.0000000450. The molecule has 40 valence electrons. The van der Waals surface area contributed by atoms with Crippen LogP contribution in [0.1, 0.15) is 0 Å². The smallest absolute Gasteiger partial charge is 0.0104 e. The van der Waals surface area contributed by atoms with Crippen LogP contribution in [0, 0.1) is 0 Å². The van der Waals surface area contributed by atoms with Gasteiger partial charge in [-0.1, -0.05) is 6.08 Å². The minimum absolute atomic E-state index is 0. The van der Waals surface area contributed by atoms with Crippen molar-refractivity contribution in [3.8, 4) is 0 Å². The van der Waals surface area contributed by atoms with Crippen molar-refractivity contribution in [2.24, 2.45) is 5.73 Å². The first kappa shape index (κ1) is 16.1. The van der Waals surface area contributed by atoms with Crippen LogP contribution >= 0.6 is 29.4 Å². The maximum atomic E-state index is 4.91. The highest BCUT2D eigenvalue weighted by molar-refractivity contribution is 8.93. The van der Waals surface area contributed by atoms with E-state index in [-0.39, 0.29) is 29.4 Å². The van der Waals surface area contributed by atoms with Crippen molar-refractivity contribution in [2.45, 2.75) is 0 Å². The lowest BCUT2D eigenvalue weighted by molar-refractivity contribution is 1.26. The molecule has 0 heterocycles. The third-order valence-corrected chi connectivity index (χ3v) is 0.167. The Kier molecular flexibility index (Phi) is 48.0. The van der Waals surface area contributed by atoms with Crippen LogP contribution in [0.4, 0.5) is 0 Å². The molecule has 0 aliphatic carbocycles. The summed E-state index contributed by atoms with van der Waals surface area (Å²) in [5.41, 5.74) is 4.91. The molecular weight excluding hydrogens is 165 g/mol. The van der Waals surface area contributed by atoms with Crippen molar-refractivity contribution in [3.05, 3.63) is 12.7 Å². The molecule has 0 radical (unpaired) electrons. The number of rotatable bonds is 1. The minimum Gasteiger partial charge on any atom is -0.327 e. The van der Waals surface area contributed by atoms with Gasteiger partial charge in [-0.15, -0.1) is 36.0 Å². The Bertz CT molecular complexity index is 24.8. The van der Waals surface area contributed by atoms with Gasteiger partial charge in [-0.05, 0) is 0 Å². The van der Waals surface area contributed by atoms with Crippen molar-refractivity contribution in [2.75, 3.05) is 6.54 Å². The molecule has 0 saturated carbocycles. The molecule has 0 atom stereocenters. The van der Waals surface area contributed by atoms with Crippen LogP contribution in [0.3, 0.4) is 0 Å². The van der Waals surface area contributed by atoms with E-state index in [1.807, 2.05) is 0 Å². The minimum atomic E-state index is 0. The van der Waals surface area contributed by atoms with Crippen LogP contribution in [-0.2, 0) is 0 Å². The van der Waals surface area contributed by atoms with Gasteiger partial charge in [-0.2, -0.15) is 0 Å². The molecule has 6 heavy (non-hydrogen) atoms. The summed E-state index contributed by atoms with van der Waals surface area (Å²) in [6.07, 6.45) is 1.65. The van der Waals surface area contributed by atoms with Crippen LogP contribution < -0.4 is 5.73 Å². The second-order valence-corrected chi connectivity index (χ2v) is 0.524. The van der Waals surface area contributed by atoms with Gasteiger partial charge in [0.2, 0.25) is 0 Å². The summed E-state index contributed by atoms with van der Waals surface area (Å²) < 4.78 is 0. The number of nitrogens with two attached hydrogens (primary N) is 1. The second-order valence-electron chi connectivity index (χ2n) is 0.524. The Morgan fingerprint density at radius 3 is 1.83 bits per heavy atom. The van der Waals surface area contributed by atoms with Crippen molar-refractivity contribution >= 4 is 29.4 Å². The molecule has 0 aromatic rings. The maximum absolute atomic E-state index is 4.91. The maximum Gasteiger partial charge on any atom is 0.0104 e. The molecule has 0 aromatic carbocycles. The normalized spacial score (nSPS) is 4.17. The predicted octanol–water partition coefficient (Wildman–Crippen LogP) is 1.13. The monoisotopic (exact) mass is 173 g/mol. The third-order valence-electron chi connectivity index (χ3n) is 0.167. The average Bonchev–Trinajstić information content (AvgIpc) is 1.37. The number of hydrogen-bond acceptors (Lipinski definition) is 1. The van der Waals surface area contributed by atoms with Gasteiger partial charge < -0.3 is 5.73 Å². The zero-order valence-corrected chi connectivity index (χ0v) is 5.91. The van der Waals surface area contributed by atoms with Crippen LogP contribution in [0.5, 0.6) is 0 Å². The summed E-state index contributed by atoms with van der Waals surface area (Å²) in [7, 11) is 0. The molecule has 0 unspecified atom stereocenters. The van der Waals surface area contributed by atoms with E-state index in [2.05, 4.69) is 6.58 Å². The SMILES string of the molecule is Br.C=CCN.Cl. The molecule has 0 aromatic heterocycles. The summed E-state index contributed by atoms with van der Waals surface area (Å²) in [5.74, 6) is 0. The first-order chi connectivity index (χ1) is 1.91. The number of hydrogen-bond donors (Lipinski definition) is 1. The Morgan fingerprint density at radius 1 is 1.67 bits per heavy atom. The van der Waals surface area contributed by atoms with Crippen molar-refractivity contribution in [1.82, 2.24) is 0 Å². The molecule has 2 N–H and O–H groups in total. The Morgan fingerprint density at radius 2 is 1.83 bits per heavy atom. The molecule has 1 nitrogen and oxygen atoms in total. The van der Waals surface area contributed by atoms with Crippen LogP contribution in [0.2, 0.25) is 0 Å². The lowest BCUT2D eigenvalue weighted by atomic mass is 10.7. The summed E-state index contributed by atoms with van der Waals surface area (Å²) >= 11 is 0. The Labute approximate surface area is 54.8 Å². The van der Waals surface area contributed by atoms with Crippen molar-refractivity contribution < 1.29 is 0 Å². The average molecular weight is 174 g/mol. The van der Waals surface area contributed by atoms with E-state index in [4.69, 9.17) is 5.73 Å². The zero-order chi connectivity index (χ0) is 3.41. The first-order valence-corrected chi connectivity index (χ1v) is 1.22. The lowest BCUT2D eigenvalue weighted by Crippen LogP contribution is -1.90. The fraction of sp³-hybridized carbons (Fsp3) is 0.333. The molecule has 0 fully saturated rings. The van der Waals surface area contributed by atoms with E-state index in [1.54, 1.807) is 6.08 Å². The highest BCUT2D eigenvalue weighted by Gasteiger charge is 1.43. The van der Waals surface area contributed by atoms with E-state index in [0.29, 0.717) is 6.54 Å². The molecule has 0 spiro atoms. The fourth-order valence-electron chi connectivity index (χ4n) is 0. The standard InChI is InChI=1S/C3H7N.BrH.ClH/c1-2-3-4;;/h2H,1,3-4H2;2*1H. The topological polar surface area (TPSA) is 26.0 Å². The third kappa shape index (κ3) is 24.9. The van der Waals surface area contributed by atoms with Crippen LogP contribution in [-0.4, -0.2) is 6.54 Å². The van der Waals surface area contributed by atoms with Crippen LogP contribution in [0.25, 0.3) is 0 Å². The molecule has 0 aliphatic heterocycles. The molecule has 0 bridgehead atoms. The van der Waals surface area contributed by atoms with Gasteiger partial charge in [0.1, 0.15) is 0 Å². The molecule has 0 rings (SSSR count). The highest BCUT2D eigenvalue weighted by Crippen LogP contribution is 1.40. The van der Waals surface area contributed by atoms with E-state index in [1.165, 1.54) is 0 Å². The molecule has 3 heteroatoms. The van der Waals surface area contributed by atoms with Crippen LogP contribution in [0.15, 0.2) is 12.7 Å². The van der Waals surface area contributed by atoms with E-state index in [9.17, 15) is 0 Å². The van der Waals surface area contributed by atoms with Gasteiger partial charge in [0.25, 0.3) is 0 Å². The van der Waals surface area contributed by atoms with E-state index < -0.39 is 0 Å². The van der Waals surface area contributed by atoms with Gasteiger partial charge in [0.15, 0.2) is 0 Å². The summed E-state index contributed by atoms with van der Waals surface area (Å²) in [4.78, 5) is 0. The van der Waals surface area contributed by atoms with Gasteiger partial charge in [0.05, 0.1) is 0 Å². The Hall–Kier alpha value is 0.470. The molecule has 0 saturated heterocycles. The van der Waals surface area contributed by atoms with Crippen molar-refractivity contribution in [3.63, 3.8) is 0 Å². The molecule has 0 aliphatic rings. The first-order valence-electron chi connectivity index (χ1n) is 1.22. The second kappa shape index (κ2) is 17.9. The van der Waals surface area contributed by atoms with E-state index in [0.717, 1.165) is 0 Å². The summed E-state index contributed by atoms with van der Waals surface area (Å²) in [5, 5.41) is 0. The predicted molar refractivity (Wildman–Crippen MR) is 36.8 cm³/mol. The summed E-state index contributed by atoms with van der Waals surface area (Å²) in [6.45, 7) is 3.94. The van der Waals surface area contributed by atoms with E-state index >= 15 is 0 Å². The van der Waals surface area contributed by atoms with Gasteiger partial charge in [-0.25, -0.2) is 0 Å². The zero-order valence-electron chi connectivity index (χ0n) is 3.39. The quantitative estimate of drug-likeness (QED) is 0.593. The van der Waals surface area contributed by atoms with Gasteiger partial charge >= 0.3 is 0 Å². The highest BCUT2D eigenvalue weighted by atomic mass is 79.9. The molecule has 0 amide bonds. The van der Waals surface area contributed by atoms with Gasteiger partial charge in [0, 0.05) is 6.54 Å². The molecular formula is C3H9BrClN. The number of halogens is 2. The largest absolute Gasteiger partial charge is 0.327 e. The fourth-order valence-corrected chi connectivity index (χ4v) is 0. The van der Waals surface area contributed by atoms with Crippen molar-refractivity contribution in [1.29, 1.82) is 0 Å².